The van der Waals surface area contributed by atoms with Crippen LogP contribution in [0.2, 0.25) is 0 Å². The van der Waals surface area contributed by atoms with E-state index in [0.717, 1.165) is 11.3 Å². The van der Waals surface area contributed by atoms with Gasteiger partial charge in [0, 0.05) is 68.7 Å². The molecule has 11 atom stereocenters. The number of phenolic OH excluding ortho intramolecular Hbond substituents is 1. The molecule has 1 aromatic carbocycles. The first kappa shape index (κ1) is 97.6. The molecule has 1 heterocycles. The fraction of sp³-hybridized carbons (Fsp3) is 0.731. The largest absolute Gasteiger partial charge is 0.508 e. The Balaban J connectivity index is 0.00000161. The van der Waals surface area contributed by atoms with E-state index in [9.17, 15) is 82.1 Å². The molecule has 9 N–H and O–H groups in total. The third-order valence-corrected chi connectivity index (χ3v) is 18.1. The number of hydrogen-bond donors (Lipinski definition) is 9. The van der Waals surface area contributed by atoms with Crippen molar-refractivity contribution in [2.24, 2.45) is 59.2 Å². The lowest BCUT2D eigenvalue weighted by Gasteiger charge is -2.31. The van der Waals surface area contributed by atoms with Crippen molar-refractivity contribution in [3.8, 4) is 5.75 Å². The van der Waals surface area contributed by atoms with Crippen molar-refractivity contribution in [3.63, 3.8) is 0 Å². The van der Waals surface area contributed by atoms with E-state index in [1.165, 1.54) is 44.7 Å². The smallest absolute Gasteiger partial charge is 0.408 e. The van der Waals surface area contributed by atoms with Crippen LogP contribution in [-0.2, 0) is 78.3 Å². The molecule has 0 saturated carbocycles. The van der Waals surface area contributed by atoms with Gasteiger partial charge in [-0.3, -0.25) is 67.1 Å². The van der Waals surface area contributed by atoms with E-state index >= 15 is 0 Å². The van der Waals surface area contributed by atoms with Gasteiger partial charge in [0.1, 0.15) is 40.8 Å². The van der Waals surface area contributed by atoms with Crippen molar-refractivity contribution in [1.82, 2.24) is 31.5 Å². The zero-order chi connectivity index (χ0) is 80.9. The fourth-order valence-corrected chi connectivity index (χ4v) is 12.5. The Labute approximate surface area is 627 Å². The number of nitrogens with one attached hydrogen (secondary N) is 5. The topological polar surface area (TPSA) is 410 Å². The number of aliphatic carboxylic acids is 2. The van der Waals surface area contributed by atoms with Gasteiger partial charge in [-0.1, -0.05) is 95.2 Å². The van der Waals surface area contributed by atoms with E-state index in [4.69, 9.17) is 14.9 Å². The van der Waals surface area contributed by atoms with Gasteiger partial charge in [-0.25, -0.2) is 4.79 Å². The summed E-state index contributed by atoms with van der Waals surface area (Å²) >= 11 is 1.66. The molecule has 105 heavy (non-hydrogen) atoms. The number of Topliss-reactive ketones (excluding diaryl/α,β-unsaturated/α-hetero) is 7. The van der Waals surface area contributed by atoms with Crippen LogP contribution in [0.3, 0.4) is 0 Å². The third-order valence-electron chi connectivity index (χ3n) is 17.5. The number of amides is 6. The second-order valence-corrected chi connectivity index (χ2v) is 32.5. The van der Waals surface area contributed by atoms with E-state index in [1.807, 2.05) is 75.5 Å². The number of ketones is 7. The molecule has 1 aliphatic heterocycles. The number of likely N-dealkylation sites (tertiary alicyclic amines) is 1. The molecule has 1 saturated heterocycles. The summed E-state index contributed by atoms with van der Waals surface area (Å²) in [5.74, 6) is -6.88. The Bertz CT molecular complexity index is 3010. The number of benzene rings is 1. The number of rotatable bonds is 46. The van der Waals surface area contributed by atoms with Gasteiger partial charge in [-0.2, -0.15) is 11.8 Å². The number of aliphatic hydroxyl groups is 1. The number of nitrogens with zero attached hydrogens (tertiary/aromatic N) is 1. The van der Waals surface area contributed by atoms with Crippen molar-refractivity contribution in [1.29, 1.82) is 0 Å². The average Bonchev–Trinajstić information content (AvgIpc) is 1.73. The molecule has 1 aromatic rings. The number of carboxylic acid groups (broad SMARTS) is 2. The number of phenols is 1. The SMILES string of the molecule is CC(=O)[C@@H](CC(=O)[C@@H](NC(=O)[C@@H](CC(=O)[C@H](CC(C)C)NC(=O)CCC(=O)O)CC(C)C)C(C)C)Cc1ccc(O)cc1.CC(=O)[C@@H](CC(=O)[C@H](CC(C)C)NC(=O)[C@@H]1CCCN1C(=O)[C@@H](NC(=O)CCC(=O)O)[C@@H](C)O)CC(C)C.CSCC[C@H](CC(=O)[C@H](CC(C)C)NC(=O)OC(C)(C)C)C(C)=O. The Morgan fingerprint density at radius 2 is 0.943 bits per heavy atom. The lowest BCUT2D eigenvalue weighted by atomic mass is 9.85. The number of ether oxygens (including phenoxy) is 1. The predicted molar refractivity (Wildman–Crippen MR) is 402 cm³/mol. The molecule has 0 radical (unpaired) electrons. The summed E-state index contributed by atoms with van der Waals surface area (Å²) in [5.41, 5.74) is 0.188. The van der Waals surface area contributed by atoms with Gasteiger partial charge >= 0.3 is 18.0 Å². The zero-order valence-electron chi connectivity index (χ0n) is 66.2. The van der Waals surface area contributed by atoms with Gasteiger partial charge in [0.15, 0.2) is 23.1 Å². The van der Waals surface area contributed by atoms with Crippen molar-refractivity contribution in [2.75, 3.05) is 18.6 Å². The molecule has 2 rings (SSSR count). The number of aromatic hydroxyl groups is 1. The van der Waals surface area contributed by atoms with Gasteiger partial charge < -0.3 is 56.6 Å². The average molecular weight is 1500 g/mol. The van der Waals surface area contributed by atoms with Gasteiger partial charge in [-0.05, 0) is 171 Å². The molecule has 0 spiro atoms. The van der Waals surface area contributed by atoms with Crippen LogP contribution in [0.25, 0.3) is 0 Å². The molecule has 0 unspecified atom stereocenters. The molecule has 1 aliphatic rings. The van der Waals surface area contributed by atoms with E-state index in [1.54, 1.807) is 58.5 Å². The summed E-state index contributed by atoms with van der Waals surface area (Å²) in [4.78, 5) is 188. The number of aliphatic hydroxyl groups excluding tert-OH is 1. The molecule has 26 nitrogen and oxygen atoms in total. The summed E-state index contributed by atoms with van der Waals surface area (Å²) in [7, 11) is 0. The van der Waals surface area contributed by atoms with Crippen LogP contribution >= 0.6 is 11.8 Å². The molecule has 27 heteroatoms. The van der Waals surface area contributed by atoms with Crippen LogP contribution in [0.5, 0.6) is 5.75 Å². The fourth-order valence-electron chi connectivity index (χ4n) is 12.0. The monoisotopic (exact) mass is 1500 g/mol. The van der Waals surface area contributed by atoms with Crippen LogP contribution in [-0.4, -0.2) is 180 Å². The maximum Gasteiger partial charge on any atom is 0.408 e. The van der Waals surface area contributed by atoms with Gasteiger partial charge in [0.05, 0.1) is 43.1 Å². The van der Waals surface area contributed by atoms with Gasteiger partial charge in [-0.15, -0.1) is 0 Å². The Morgan fingerprint density at radius 3 is 1.36 bits per heavy atom. The molecule has 6 amide bonds. The maximum absolute atomic E-state index is 13.6. The summed E-state index contributed by atoms with van der Waals surface area (Å²) in [6.07, 6.45) is 2.82. The predicted octanol–water partition coefficient (Wildman–Crippen LogP) is 9.55. The van der Waals surface area contributed by atoms with Crippen molar-refractivity contribution in [2.45, 2.75) is 289 Å². The first-order valence-corrected chi connectivity index (χ1v) is 38.5. The van der Waals surface area contributed by atoms with E-state index in [2.05, 4.69) is 26.6 Å². The first-order valence-electron chi connectivity index (χ1n) is 37.1. The molecular weight excluding hydrogens is 1370 g/mol. The summed E-state index contributed by atoms with van der Waals surface area (Å²) in [6.45, 7) is 34.4. The highest BCUT2D eigenvalue weighted by atomic mass is 32.2. The van der Waals surface area contributed by atoms with E-state index in [0.29, 0.717) is 57.8 Å². The van der Waals surface area contributed by atoms with Crippen molar-refractivity contribution >= 4 is 99.8 Å². The quantitative estimate of drug-likeness (QED) is 0.0293. The Hall–Kier alpha value is -7.42. The van der Waals surface area contributed by atoms with E-state index < -0.39 is 120 Å². The Kier molecular flexibility index (Phi) is 46.0. The number of carboxylic acids is 2. The number of hydrogen-bond acceptors (Lipinski definition) is 19. The zero-order valence-corrected chi connectivity index (χ0v) is 67.1. The highest BCUT2D eigenvalue weighted by Gasteiger charge is 2.41. The second-order valence-electron chi connectivity index (χ2n) is 31.5. The minimum absolute atomic E-state index is 0.0259. The summed E-state index contributed by atoms with van der Waals surface area (Å²) in [5, 5.41) is 50.7. The van der Waals surface area contributed by atoms with Crippen LogP contribution in [0.4, 0.5) is 4.79 Å². The van der Waals surface area contributed by atoms with Gasteiger partial charge in [0.25, 0.3) is 0 Å². The van der Waals surface area contributed by atoms with Crippen molar-refractivity contribution in [3.05, 3.63) is 29.8 Å². The molecule has 596 valence electrons. The van der Waals surface area contributed by atoms with Crippen LogP contribution in [0, 0.1) is 59.2 Å². The molecule has 0 bridgehead atoms. The summed E-state index contributed by atoms with van der Waals surface area (Å²) < 4.78 is 5.24. The number of carbonyl (C=O) groups is 15. The Morgan fingerprint density at radius 1 is 0.524 bits per heavy atom. The van der Waals surface area contributed by atoms with Crippen molar-refractivity contribution < 1.29 is 97.1 Å². The van der Waals surface area contributed by atoms with Crippen LogP contribution in [0.1, 0.15) is 240 Å². The van der Waals surface area contributed by atoms with E-state index in [-0.39, 0.29) is 139 Å². The lowest BCUT2D eigenvalue weighted by molar-refractivity contribution is -0.144. The normalized spacial score (nSPS) is 15.8. The maximum atomic E-state index is 13.6. The number of carbonyl (C=O) groups excluding carboxylic acids is 13. The lowest BCUT2D eigenvalue weighted by Crippen LogP contribution is -2.58. The number of alkyl carbamates (subject to hydrolysis) is 1. The minimum atomic E-state index is -1.34. The highest BCUT2D eigenvalue weighted by molar-refractivity contribution is 7.98. The molecule has 0 aliphatic carbocycles. The van der Waals surface area contributed by atoms with Gasteiger partial charge in [0.2, 0.25) is 29.5 Å². The van der Waals surface area contributed by atoms with Crippen LogP contribution < -0.4 is 26.6 Å². The molecule has 0 aromatic heterocycles. The summed E-state index contributed by atoms with van der Waals surface area (Å²) in [6, 6.07) is 1.07. The standard InChI is InChI=1S/C33H50N2O8.C27H45N3O8.C18H33NO4S/c1-19(2)14-25(18-28(38)27(15-20(3)4)34-30(40)12-13-31(41)42)33(43)35-32(21(5)6)29(39)17-24(22(7)36)16-23-8-10-26(37)11-9-23;1-15(2)12-19(17(5)31)14-22(33)20(13-16(3)4)28-26(37)21-8-7-11-30(21)27(38)25(18(6)32)29-23(34)9-10-24(35)36;1-12(2)10-15(19-17(22)23-18(4,5)6)16(21)11-14(13(3)20)8-9-24-7/h8-11,19-21,24-25,27,32,37H,12-18H2,1-7H3,(H,34,40)(H,35,43)(H,41,42);15-16,18-21,25,32H,7-14H2,1-6H3,(H,28,37)(H,29,34)(H,35,36);12,14-15H,8-11H2,1-7H3,(H,19,22)/t24-,25-,27+,32+;18-,19-,20+,21+,25+;14-,15+/m111/s1. The molecular formula is C78H128N6O20S. The molecule has 1 fully saturated rings. The minimum Gasteiger partial charge on any atom is -0.508 e. The van der Waals surface area contributed by atoms with Crippen LogP contribution in [0.15, 0.2) is 24.3 Å². The third kappa shape index (κ3) is 41.9. The number of thioether (sulfide) groups is 1. The first-order chi connectivity index (χ1) is 48.6. The second kappa shape index (κ2) is 49.4. The highest BCUT2D eigenvalue weighted by Crippen LogP contribution is 2.26.